The number of rotatable bonds is 1. The molecule has 0 N–H and O–H groups in total. The van der Waals surface area contributed by atoms with Crippen molar-refractivity contribution >= 4 is 16.8 Å². The molecule has 11 heavy (non-hydrogen) atoms. The summed E-state index contributed by atoms with van der Waals surface area (Å²) in [6.45, 7) is 0. The molecule has 0 spiro atoms. The predicted octanol–water partition coefficient (Wildman–Crippen LogP) is 2.82. The van der Waals surface area contributed by atoms with Crippen LogP contribution in [0.3, 0.4) is 0 Å². The van der Waals surface area contributed by atoms with Gasteiger partial charge in [-0.2, -0.15) is 0 Å². The molecule has 0 saturated carbocycles. The monoisotopic (exact) mass is 212 g/mol. The van der Waals surface area contributed by atoms with E-state index in [1.807, 2.05) is 0 Å². The Morgan fingerprint density at radius 1 is 0.818 bits per heavy atom. The summed E-state index contributed by atoms with van der Waals surface area (Å²) < 4.78 is 1.56. The van der Waals surface area contributed by atoms with E-state index in [0.29, 0.717) is 0 Å². The van der Waals surface area contributed by atoms with Gasteiger partial charge in [0.05, 0.1) is 0 Å². The van der Waals surface area contributed by atoms with Gasteiger partial charge < -0.3 is 0 Å². The van der Waals surface area contributed by atoms with Crippen molar-refractivity contribution in [3.8, 4) is 0 Å². The van der Waals surface area contributed by atoms with E-state index in [2.05, 4.69) is 53.2 Å². The molecule has 0 bridgehead atoms. The zero-order valence-corrected chi connectivity index (χ0v) is 9.71. The van der Waals surface area contributed by atoms with Gasteiger partial charge in [-0.15, -0.1) is 0 Å². The van der Waals surface area contributed by atoms with Crippen molar-refractivity contribution < 1.29 is 0 Å². The summed E-state index contributed by atoms with van der Waals surface area (Å²) in [7, 11) is 0. The molecule has 0 unspecified atom stereocenters. The summed E-state index contributed by atoms with van der Waals surface area (Å²) in [4.78, 5) is 0. The molecule has 0 aliphatic carbocycles. The molecule has 0 aliphatic rings. The first kappa shape index (κ1) is 8.87. The van der Waals surface area contributed by atoms with E-state index < -0.39 is 12.5 Å². The van der Waals surface area contributed by atoms with Crippen molar-refractivity contribution in [1.29, 1.82) is 0 Å². The Morgan fingerprint density at radius 2 is 1.27 bits per heavy atom. The second-order valence-corrected chi connectivity index (χ2v) is 21.0. The van der Waals surface area contributed by atoms with Crippen LogP contribution in [0.1, 0.15) is 0 Å². The van der Waals surface area contributed by atoms with Crippen molar-refractivity contribution in [3.05, 3.63) is 30.3 Å². The summed E-state index contributed by atoms with van der Waals surface area (Å²) >= 11 is -2.00. The molecule has 1 aromatic carbocycles. The van der Waals surface area contributed by atoms with Crippen LogP contribution in [0.2, 0.25) is 22.8 Å². The number of hydrogen-bond acceptors (Lipinski definition) is 0. The molecule has 62 valence electrons. The van der Waals surface area contributed by atoms with Gasteiger partial charge in [0.25, 0.3) is 0 Å². The van der Waals surface area contributed by atoms with Crippen LogP contribution < -0.4 is 4.35 Å². The van der Waals surface area contributed by atoms with Crippen molar-refractivity contribution in [1.82, 2.24) is 0 Å². The molecule has 1 heteroatoms. The van der Waals surface area contributed by atoms with Crippen molar-refractivity contribution in [3.63, 3.8) is 0 Å². The Bertz CT molecular complexity index is 231. The van der Waals surface area contributed by atoms with E-state index in [1.165, 1.54) is 0 Å². The summed E-state index contributed by atoms with van der Waals surface area (Å²) in [6.07, 6.45) is 0. The second-order valence-electron chi connectivity index (χ2n) is 4.91. The third kappa shape index (κ3) is 2.38. The van der Waals surface area contributed by atoms with Gasteiger partial charge in [0, 0.05) is 0 Å². The van der Waals surface area contributed by atoms with Crippen molar-refractivity contribution in [2.75, 3.05) is 0 Å². The van der Waals surface area contributed by atoms with E-state index in [1.54, 1.807) is 4.35 Å². The molecule has 0 amide bonds. The molecule has 0 saturated heterocycles. The van der Waals surface area contributed by atoms with Gasteiger partial charge in [0.2, 0.25) is 0 Å². The zero-order chi connectivity index (χ0) is 8.56. The van der Waals surface area contributed by atoms with Crippen LogP contribution >= 0.6 is 0 Å². The molecular formula is C10H17As. The molecule has 0 aliphatic heterocycles. The standard InChI is InChI=1S/C10H17As/c1-11(2,3,4)10-8-6-5-7-9-10/h5-9H,1-4H3. The van der Waals surface area contributed by atoms with Crippen LogP contribution in [0.4, 0.5) is 0 Å². The van der Waals surface area contributed by atoms with Gasteiger partial charge in [-0.05, 0) is 0 Å². The van der Waals surface area contributed by atoms with Gasteiger partial charge in [-0.3, -0.25) is 0 Å². The second kappa shape index (κ2) is 2.38. The summed E-state index contributed by atoms with van der Waals surface area (Å²) in [5.41, 5.74) is 9.70. The minimum atomic E-state index is -2.00. The van der Waals surface area contributed by atoms with Gasteiger partial charge in [-0.1, -0.05) is 0 Å². The van der Waals surface area contributed by atoms with Gasteiger partial charge in [-0.25, -0.2) is 0 Å². The van der Waals surface area contributed by atoms with E-state index in [4.69, 9.17) is 0 Å². The molecule has 1 aromatic rings. The molecule has 0 fully saturated rings. The van der Waals surface area contributed by atoms with Crippen LogP contribution in [0.5, 0.6) is 0 Å². The fourth-order valence-electron chi connectivity index (χ4n) is 1.02. The maximum atomic E-state index is 2.42. The van der Waals surface area contributed by atoms with Gasteiger partial charge >= 0.3 is 70.0 Å². The van der Waals surface area contributed by atoms with Crippen molar-refractivity contribution in [2.45, 2.75) is 22.8 Å². The Kier molecular flexibility index (Phi) is 1.92. The summed E-state index contributed by atoms with van der Waals surface area (Å²) in [5, 5.41) is 0. The van der Waals surface area contributed by atoms with E-state index in [0.717, 1.165) is 0 Å². The first-order chi connectivity index (χ1) is 4.86. The van der Waals surface area contributed by atoms with Crippen molar-refractivity contribution in [2.24, 2.45) is 0 Å². The molecule has 0 radical (unpaired) electrons. The average molecular weight is 212 g/mol. The first-order valence-corrected chi connectivity index (χ1v) is 12.4. The Balaban J connectivity index is 3.14. The van der Waals surface area contributed by atoms with E-state index in [9.17, 15) is 0 Å². The van der Waals surface area contributed by atoms with E-state index >= 15 is 0 Å². The third-order valence-electron chi connectivity index (χ3n) is 1.79. The first-order valence-electron chi connectivity index (χ1n) is 3.92. The summed E-state index contributed by atoms with van der Waals surface area (Å²) in [6, 6.07) is 10.9. The van der Waals surface area contributed by atoms with Crippen LogP contribution in [0.25, 0.3) is 0 Å². The Morgan fingerprint density at radius 3 is 1.55 bits per heavy atom. The molecule has 0 aromatic heterocycles. The minimum absolute atomic E-state index is 1.56. The molecule has 1 rings (SSSR count). The summed E-state index contributed by atoms with van der Waals surface area (Å²) in [5.74, 6) is 0. The Hall–Kier alpha value is -0.222. The third-order valence-corrected chi connectivity index (χ3v) is 6.75. The van der Waals surface area contributed by atoms with E-state index in [-0.39, 0.29) is 0 Å². The topological polar surface area (TPSA) is 0 Å². The molecule has 0 heterocycles. The van der Waals surface area contributed by atoms with Crippen LogP contribution in [-0.4, -0.2) is 12.5 Å². The van der Waals surface area contributed by atoms with Gasteiger partial charge in [0.1, 0.15) is 0 Å². The van der Waals surface area contributed by atoms with Crippen LogP contribution in [0, 0.1) is 0 Å². The van der Waals surface area contributed by atoms with Crippen LogP contribution in [0.15, 0.2) is 30.3 Å². The van der Waals surface area contributed by atoms with Crippen LogP contribution in [-0.2, 0) is 0 Å². The Labute approximate surface area is 70.3 Å². The molecular weight excluding hydrogens is 195 g/mol. The number of benzene rings is 1. The fraction of sp³-hybridized carbons (Fsp3) is 0.400. The maximum absolute atomic E-state index is 2.42. The molecule has 0 nitrogen and oxygen atoms in total. The fourth-order valence-corrected chi connectivity index (χ4v) is 3.89. The quantitative estimate of drug-likeness (QED) is 0.628. The molecule has 0 atom stereocenters. The van der Waals surface area contributed by atoms with Gasteiger partial charge in [0.15, 0.2) is 0 Å². The SMILES string of the molecule is C[As](C)(C)(C)c1ccccc1. The average Bonchev–Trinajstić information content (AvgIpc) is 1.86. The number of hydrogen-bond donors (Lipinski definition) is 0. The predicted molar refractivity (Wildman–Crippen MR) is 55.3 cm³/mol. The zero-order valence-electron chi connectivity index (χ0n) is 7.83. The normalized spacial score (nSPS) is 15.5.